The molecule has 39 heavy (non-hydrogen) atoms. The minimum atomic E-state index is -1.12. The van der Waals surface area contributed by atoms with E-state index >= 15 is 0 Å². The molecule has 0 bridgehead atoms. The van der Waals surface area contributed by atoms with Crippen LogP contribution < -0.4 is 10.2 Å². The van der Waals surface area contributed by atoms with E-state index < -0.39 is 11.9 Å². The van der Waals surface area contributed by atoms with Gasteiger partial charge in [0.25, 0.3) is 0 Å². The molecule has 0 saturated carbocycles. The molecule has 2 aromatic rings. The van der Waals surface area contributed by atoms with Gasteiger partial charge in [-0.1, -0.05) is 24.3 Å². The minimum absolute atomic E-state index is 0.0736. The Morgan fingerprint density at radius 3 is 1.18 bits per heavy atom. The van der Waals surface area contributed by atoms with Gasteiger partial charge in [0.2, 0.25) is 0 Å². The van der Waals surface area contributed by atoms with Gasteiger partial charge in [0.05, 0.1) is 0 Å². The van der Waals surface area contributed by atoms with E-state index in [4.69, 9.17) is 10.2 Å². The third-order valence-corrected chi connectivity index (χ3v) is 10.0. The van der Waals surface area contributed by atoms with Crippen molar-refractivity contribution >= 4 is 33.1 Å². The molecule has 0 aromatic heterocycles. The van der Waals surface area contributed by atoms with Crippen LogP contribution in [-0.4, -0.2) is 43.3 Å². The Morgan fingerprint density at radius 2 is 0.872 bits per heavy atom. The molecule has 0 aliphatic heterocycles. The predicted octanol–water partition coefficient (Wildman–Crippen LogP) is 5.62. The average Bonchev–Trinajstić information content (AvgIpc) is 2.90. The summed E-state index contributed by atoms with van der Waals surface area (Å²) in [6, 6.07) is 12.0. The number of rotatable bonds is 18. The van der Waals surface area contributed by atoms with Crippen LogP contribution in [-0.2, 0) is 22.4 Å². The fraction of sp³-hybridized carbons (Fsp3) is 0.562. The maximum absolute atomic E-state index is 10.1. The van der Waals surface area contributed by atoms with Crippen molar-refractivity contribution in [3.63, 3.8) is 0 Å². The number of phenolic OH excluding ortho intramolecular Hbond substituents is 2. The number of carboxylic acids is 2. The van der Waals surface area contributed by atoms with Crippen LogP contribution in [0.2, 0.25) is 8.87 Å². The van der Waals surface area contributed by atoms with Crippen molar-refractivity contribution in [3.05, 3.63) is 59.7 Å². The van der Waals surface area contributed by atoms with Crippen LogP contribution in [0.5, 0.6) is 11.5 Å². The van der Waals surface area contributed by atoms with Crippen LogP contribution >= 0.6 is 0 Å². The molecular formula is C32H48O6Sn. The molecule has 7 heteroatoms. The van der Waals surface area contributed by atoms with E-state index in [2.05, 4.69) is 13.8 Å². The van der Waals surface area contributed by atoms with Gasteiger partial charge in [0.15, 0.2) is 0 Å². The van der Waals surface area contributed by atoms with Crippen molar-refractivity contribution < 1.29 is 30.0 Å². The van der Waals surface area contributed by atoms with E-state index in [0.717, 1.165) is 0 Å². The zero-order valence-corrected chi connectivity index (χ0v) is 26.8. The maximum atomic E-state index is 10.1. The van der Waals surface area contributed by atoms with Gasteiger partial charge in [0, 0.05) is 24.8 Å². The number of hydrogen-bond acceptors (Lipinski definition) is 6. The van der Waals surface area contributed by atoms with Crippen molar-refractivity contribution in [3.8, 4) is 11.5 Å². The molecule has 0 saturated heterocycles. The summed E-state index contributed by atoms with van der Waals surface area (Å²) in [6.07, 6.45) is 17.6. The second-order valence-electron chi connectivity index (χ2n) is 9.72. The first-order chi connectivity index (χ1) is 18.8. The monoisotopic (exact) mass is 648 g/mol. The first kappa shape index (κ1) is 36.8. The smallest absolute Gasteiger partial charge is 0.115 e. The van der Waals surface area contributed by atoms with E-state index in [9.17, 15) is 19.8 Å². The van der Waals surface area contributed by atoms with E-state index in [1.54, 1.807) is 46.0 Å². The van der Waals surface area contributed by atoms with Crippen molar-refractivity contribution in [2.24, 2.45) is 0 Å². The molecule has 0 aliphatic carbocycles. The van der Waals surface area contributed by atoms with Crippen LogP contribution in [0.3, 0.4) is 0 Å². The Hall–Kier alpha value is -2.22. The molecule has 0 heterocycles. The first-order valence-corrected chi connectivity index (χ1v) is 18.5. The van der Waals surface area contributed by atoms with E-state index in [1.165, 1.54) is 88.5 Å². The molecule has 0 fully saturated rings. The molecule has 6 nitrogen and oxygen atoms in total. The fourth-order valence-corrected chi connectivity index (χ4v) is 7.31. The molecule has 0 unspecified atom stereocenters. The van der Waals surface area contributed by atoms with Gasteiger partial charge in [-0.25, -0.2) is 0 Å². The minimum Gasteiger partial charge on any atom is -0.550 e. The van der Waals surface area contributed by atoms with E-state index in [0.29, 0.717) is 11.1 Å². The van der Waals surface area contributed by atoms with E-state index in [-0.39, 0.29) is 45.5 Å². The summed E-state index contributed by atoms with van der Waals surface area (Å²) in [7, 11) is 0. The van der Waals surface area contributed by atoms with Crippen LogP contribution in [0, 0.1) is 0 Å². The summed E-state index contributed by atoms with van der Waals surface area (Å²) in [5.74, 6) is -1.97. The fourth-order valence-electron chi connectivity index (χ4n) is 3.75. The van der Waals surface area contributed by atoms with Crippen LogP contribution in [0.4, 0.5) is 0 Å². The number of aliphatic carboxylic acids is 2. The summed E-state index contributed by atoms with van der Waals surface area (Å²) >= 11 is 0.0736. The first-order valence-electron chi connectivity index (χ1n) is 14.4. The zero-order valence-electron chi connectivity index (χ0n) is 24.0. The molecule has 0 radical (unpaired) electrons. The van der Waals surface area contributed by atoms with Crippen LogP contribution in [0.1, 0.15) is 102 Å². The van der Waals surface area contributed by atoms with Crippen molar-refractivity contribution in [2.75, 3.05) is 0 Å². The van der Waals surface area contributed by atoms with Gasteiger partial charge in [-0.15, -0.1) is 0 Å². The molecule has 216 valence electrons. The largest absolute Gasteiger partial charge is 0.550 e. The van der Waals surface area contributed by atoms with Crippen molar-refractivity contribution in [1.82, 2.24) is 0 Å². The standard InChI is InChI=1S/2C8H8O3.2C8H17.Sn/c2*9-7-3-1-6(2-4-7)5-8(10)11;2*1-3-5-7-8-6-4-2;/h2*1-4,9H,5H2,(H,10,11);2*1,3-8H2,2H3;/q;;;;+2/p-2. The third-order valence-electron chi connectivity index (χ3n) is 5.98. The number of aromatic hydroxyl groups is 2. The third kappa shape index (κ3) is 25.8. The quantitative estimate of drug-likeness (QED) is 0.160. The maximum Gasteiger partial charge on any atom is 0.115 e. The van der Waals surface area contributed by atoms with Gasteiger partial charge in [-0.05, 0) is 35.4 Å². The Kier molecular flexibility index (Phi) is 24.5. The number of carbonyl (C=O) groups is 2. The molecule has 0 spiro atoms. The van der Waals surface area contributed by atoms with E-state index in [1.807, 2.05) is 0 Å². The van der Waals surface area contributed by atoms with Crippen LogP contribution in [0.15, 0.2) is 48.5 Å². The Bertz CT molecular complexity index is 780. The Labute approximate surface area is 246 Å². The average molecular weight is 647 g/mol. The summed E-state index contributed by atoms with van der Waals surface area (Å²) < 4.78 is 3.31. The molecule has 2 aromatic carbocycles. The molecule has 2 N–H and O–H groups in total. The number of benzene rings is 2. The number of phenols is 2. The number of hydrogen-bond donors (Lipinski definition) is 2. The Balaban J connectivity index is 0.000000575. The van der Waals surface area contributed by atoms with Gasteiger partial charge in [0.1, 0.15) is 11.5 Å². The Morgan fingerprint density at radius 1 is 0.564 bits per heavy atom. The number of unbranched alkanes of at least 4 members (excludes halogenated alkanes) is 10. The summed E-state index contributed by atoms with van der Waals surface area (Å²) in [4.78, 5) is 20.2. The second kappa shape index (κ2) is 26.0. The molecule has 0 aliphatic rings. The molecular weight excluding hydrogens is 599 g/mol. The summed E-state index contributed by atoms with van der Waals surface area (Å²) in [5.41, 5.74) is 1.26. The summed E-state index contributed by atoms with van der Waals surface area (Å²) in [6.45, 7) is 4.60. The van der Waals surface area contributed by atoms with Gasteiger partial charge >= 0.3 is 121 Å². The van der Waals surface area contributed by atoms with Gasteiger partial charge in [-0.3, -0.25) is 0 Å². The molecule has 0 amide bonds. The van der Waals surface area contributed by atoms with Crippen LogP contribution in [0.25, 0.3) is 0 Å². The molecule has 2 rings (SSSR count). The number of carbonyl (C=O) groups excluding carboxylic acids is 2. The topological polar surface area (TPSA) is 121 Å². The van der Waals surface area contributed by atoms with Gasteiger partial charge in [-0.2, -0.15) is 0 Å². The zero-order chi connectivity index (χ0) is 29.1. The summed E-state index contributed by atoms with van der Waals surface area (Å²) in [5, 5.41) is 37.8. The SMILES string of the molecule is CCCCCCC[CH2][Sn+2][CH2]CCCCCCC.O=C([O-])Cc1ccc(O)cc1.O=C([O-])Cc1ccc(O)cc1. The second-order valence-corrected chi connectivity index (χ2v) is 14.0. The predicted molar refractivity (Wildman–Crippen MR) is 156 cm³/mol. The van der Waals surface area contributed by atoms with Gasteiger partial charge < -0.3 is 30.0 Å². The van der Waals surface area contributed by atoms with Crippen molar-refractivity contribution in [2.45, 2.75) is 113 Å². The normalized spacial score (nSPS) is 9.90. The number of carboxylic acid groups (broad SMARTS) is 2. The molecule has 0 atom stereocenters. The van der Waals surface area contributed by atoms with Crippen molar-refractivity contribution in [1.29, 1.82) is 0 Å².